The van der Waals surface area contributed by atoms with Crippen molar-refractivity contribution in [3.63, 3.8) is 0 Å². The van der Waals surface area contributed by atoms with Crippen molar-refractivity contribution >= 4 is 11.9 Å². The summed E-state index contributed by atoms with van der Waals surface area (Å²) >= 11 is 0. The number of hydrogen-bond donors (Lipinski definition) is 2. The fourth-order valence-electron chi connectivity index (χ4n) is 1.47. The lowest BCUT2D eigenvalue weighted by Gasteiger charge is -2.08. The SMILES string of the molecule is CCCCC(=CC(CC(=O)O)C(=O)O)CC. The molecule has 0 bridgehead atoms. The second kappa shape index (κ2) is 7.91. The third-order valence-corrected chi connectivity index (χ3v) is 2.45. The quantitative estimate of drug-likeness (QED) is 0.626. The Morgan fingerprint density at radius 3 is 2.25 bits per heavy atom. The van der Waals surface area contributed by atoms with E-state index in [1.165, 1.54) is 0 Å². The molecule has 0 aromatic heterocycles. The molecule has 0 aliphatic carbocycles. The van der Waals surface area contributed by atoms with E-state index in [1.807, 2.05) is 6.92 Å². The Balaban J connectivity index is 4.57. The molecule has 0 heterocycles. The Bertz CT molecular complexity index is 268. The highest BCUT2D eigenvalue weighted by atomic mass is 16.4. The normalized spacial score (nSPS) is 13.5. The topological polar surface area (TPSA) is 74.6 Å². The van der Waals surface area contributed by atoms with Crippen molar-refractivity contribution in [2.45, 2.75) is 46.0 Å². The molecule has 0 rings (SSSR count). The predicted molar refractivity (Wildman–Crippen MR) is 61.3 cm³/mol. The molecule has 0 aliphatic heterocycles. The van der Waals surface area contributed by atoms with Crippen LogP contribution in [-0.2, 0) is 9.59 Å². The molecule has 4 nitrogen and oxygen atoms in total. The maximum atomic E-state index is 10.9. The minimum atomic E-state index is -1.07. The number of aliphatic carboxylic acids is 2. The van der Waals surface area contributed by atoms with Gasteiger partial charge in [0, 0.05) is 0 Å². The van der Waals surface area contributed by atoms with E-state index >= 15 is 0 Å². The summed E-state index contributed by atoms with van der Waals surface area (Å²) in [6, 6.07) is 0. The summed E-state index contributed by atoms with van der Waals surface area (Å²) < 4.78 is 0. The Hall–Kier alpha value is -1.32. The van der Waals surface area contributed by atoms with Gasteiger partial charge in [0.05, 0.1) is 12.3 Å². The van der Waals surface area contributed by atoms with Gasteiger partial charge in [-0.25, -0.2) is 0 Å². The zero-order valence-corrected chi connectivity index (χ0v) is 9.90. The summed E-state index contributed by atoms with van der Waals surface area (Å²) in [5, 5.41) is 17.5. The van der Waals surface area contributed by atoms with E-state index in [1.54, 1.807) is 6.08 Å². The highest BCUT2D eigenvalue weighted by Gasteiger charge is 2.18. The molecule has 92 valence electrons. The van der Waals surface area contributed by atoms with Crippen molar-refractivity contribution < 1.29 is 19.8 Å². The molecule has 0 fully saturated rings. The molecule has 0 aliphatic rings. The van der Waals surface area contributed by atoms with Gasteiger partial charge in [-0.05, 0) is 19.3 Å². The van der Waals surface area contributed by atoms with Gasteiger partial charge < -0.3 is 10.2 Å². The Morgan fingerprint density at radius 2 is 1.88 bits per heavy atom. The predicted octanol–water partition coefficient (Wildman–Crippen LogP) is 2.69. The first-order valence-corrected chi connectivity index (χ1v) is 5.65. The third-order valence-electron chi connectivity index (χ3n) is 2.45. The fraction of sp³-hybridized carbons (Fsp3) is 0.667. The Kier molecular flexibility index (Phi) is 7.25. The molecule has 1 unspecified atom stereocenters. The van der Waals surface area contributed by atoms with Gasteiger partial charge in [0.1, 0.15) is 0 Å². The molecule has 2 N–H and O–H groups in total. The van der Waals surface area contributed by atoms with Gasteiger partial charge in [-0.1, -0.05) is 31.9 Å². The molecule has 0 radical (unpaired) electrons. The molecule has 16 heavy (non-hydrogen) atoms. The number of hydrogen-bond acceptors (Lipinski definition) is 2. The first-order valence-electron chi connectivity index (χ1n) is 5.65. The van der Waals surface area contributed by atoms with E-state index in [-0.39, 0.29) is 6.42 Å². The summed E-state index contributed by atoms with van der Waals surface area (Å²) in [7, 11) is 0. The summed E-state index contributed by atoms with van der Waals surface area (Å²) in [5.41, 5.74) is 1.04. The Morgan fingerprint density at radius 1 is 1.25 bits per heavy atom. The first-order chi connectivity index (χ1) is 7.51. The van der Waals surface area contributed by atoms with Crippen LogP contribution >= 0.6 is 0 Å². The van der Waals surface area contributed by atoms with E-state index in [0.717, 1.165) is 31.3 Å². The molecule has 0 spiro atoms. The highest BCUT2D eigenvalue weighted by Crippen LogP contribution is 2.16. The molecule has 0 saturated carbocycles. The lowest BCUT2D eigenvalue weighted by molar-refractivity contribution is -0.146. The van der Waals surface area contributed by atoms with Crippen molar-refractivity contribution in [1.82, 2.24) is 0 Å². The van der Waals surface area contributed by atoms with Gasteiger partial charge in [-0.15, -0.1) is 0 Å². The minimum Gasteiger partial charge on any atom is -0.481 e. The second-order valence-corrected chi connectivity index (χ2v) is 3.82. The average molecular weight is 228 g/mol. The van der Waals surface area contributed by atoms with Crippen molar-refractivity contribution in [2.24, 2.45) is 5.92 Å². The fourth-order valence-corrected chi connectivity index (χ4v) is 1.47. The van der Waals surface area contributed by atoms with Gasteiger partial charge >= 0.3 is 11.9 Å². The van der Waals surface area contributed by atoms with Crippen LogP contribution in [0.25, 0.3) is 0 Å². The van der Waals surface area contributed by atoms with Gasteiger partial charge in [0.15, 0.2) is 0 Å². The van der Waals surface area contributed by atoms with Gasteiger partial charge in [0.2, 0.25) is 0 Å². The molecule has 1 atom stereocenters. The first kappa shape index (κ1) is 14.7. The summed E-state index contributed by atoms with van der Waals surface area (Å²) in [4.78, 5) is 21.4. The smallest absolute Gasteiger partial charge is 0.310 e. The number of allylic oxidation sites excluding steroid dienone is 1. The van der Waals surface area contributed by atoms with Crippen LogP contribution in [0.2, 0.25) is 0 Å². The molecule has 4 heteroatoms. The number of unbranched alkanes of at least 4 members (excludes halogenated alkanes) is 1. The summed E-state index contributed by atoms with van der Waals surface area (Å²) in [6.45, 7) is 4.03. The molecule has 0 aromatic carbocycles. The van der Waals surface area contributed by atoms with Crippen LogP contribution < -0.4 is 0 Å². The summed E-state index contributed by atoms with van der Waals surface area (Å²) in [5.74, 6) is -3.04. The Labute approximate surface area is 96.0 Å². The largest absolute Gasteiger partial charge is 0.481 e. The molecular formula is C12H20O4. The van der Waals surface area contributed by atoms with E-state index < -0.39 is 17.9 Å². The average Bonchev–Trinajstić information content (AvgIpc) is 2.21. The van der Waals surface area contributed by atoms with Crippen molar-refractivity contribution in [1.29, 1.82) is 0 Å². The number of carbonyl (C=O) groups is 2. The van der Waals surface area contributed by atoms with E-state index in [0.29, 0.717) is 0 Å². The van der Waals surface area contributed by atoms with Crippen LogP contribution in [-0.4, -0.2) is 22.2 Å². The number of carboxylic acids is 2. The van der Waals surface area contributed by atoms with Crippen LogP contribution in [0.1, 0.15) is 46.0 Å². The zero-order chi connectivity index (χ0) is 12.6. The standard InChI is InChI=1S/C12H20O4/c1-3-5-6-9(4-2)7-10(12(15)16)8-11(13)14/h7,10H,3-6,8H2,1-2H3,(H,13,14)(H,15,16). The monoisotopic (exact) mass is 228 g/mol. The van der Waals surface area contributed by atoms with Crippen molar-refractivity contribution in [3.8, 4) is 0 Å². The summed E-state index contributed by atoms with van der Waals surface area (Å²) in [6.07, 6.45) is 4.96. The zero-order valence-electron chi connectivity index (χ0n) is 9.90. The number of carboxylic acid groups (broad SMARTS) is 2. The van der Waals surface area contributed by atoms with E-state index in [4.69, 9.17) is 10.2 Å². The lowest BCUT2D eigenvalue weighted by Crippen LogP contribution is -2.16. The molecule has 0 aromatic rings. The van der Waals surface area contributed by atoms with Gasteiger partial charge in [-0.2, -0.15) is 0 Å². The lowest BCUT2D eigenvalue weighted by atomic mass is 9.97. The third kappa shape index (κ3) is 6.22. The van der Waals surface area contributed by atoms with E-state index in [9.17, 15) is 9.59 Å². The molecule has 0 saturated heterocycles. The molecule has 0 amide bonds. The highest BCUT2D eigenvalue weighted by molar-refractivity contribution is 5.79. The number of rotatable bonds is 8. The second-order valence-electron chi connectivity index (χ2n) is 3.82. The van der Waals surface area contributed by atoms with Crippen LogP contribution in [0.3, 0.4) is 0 Å². The van der Waals surface area contributed by atoms with Crippen molar-refractivity contribution in [2.75, 3.05) is 0 Å². The van der Waals surface area contributed by atoms with Crippen LogP contribution in [0.15, 0.2) is 11.6 Å². The van der Waals surface area contributed by atoms with Gasteiger partial charge in [-0.3, -0.25) is 9.59 Å². The van der Waals surface area contributed by atoms with E-state index in [2.05, 4.69) is 6.92 Å². The maximum absolute atomic E-state index is 10.9. The molecular weight excluding hydrogens is 208 g/mol. The van der Waals surface area contributed by atoms with Crippen LogP contribution in [0.4, 0.5) is 0 Å². The van der Waals surface area contributed by atoms with Crippen molar-refractivity contribution in [3.05, 3.63) is 11.6 Å². The van der Waals surface area contributed by atoms with Crippen LogP contribution in [0, 0.1) is 5.92 Å². The minimum absolute atomic E-state index is 0.342. The van der Waals surface area contributed by atoms with Gasteiger partial charge in [0.25, 0.3) is 0 Å². The maximum Gasteiger partial charge on any atom is 0.310 e. The van der Waals surface area contributed by atoms with Crippen LogP contribution in [0.5, 0.6) is 0 Å².